The Kier molecular flexibility index (Phi) is 3.94. The van der Waals surface area contributed by atoms with E-state index in [-0.39, 0.29) is 5.78 Å². The van der Waals surface area contributed by atoms with E-state index in [0.29, 0.717) is 17.1 Å². The number of pyridine rings is 1. The number of ketones is 1. The van der Waals surface area contributed by atoms with Crippen LogP contribution >= 0.6 is 0 Å². The van der Waals surface area contributed by atoms with E-state index < -0.39 is 0 Å². The maximum Gasteiger partial charge on any atom is 0.163 e. The molecule has 0 aliphatic heterocycles. The van der Waals surface area contributed by atoms with Crippen molar-refractivity contribution in [2.75, 3.05) is 12.1 Å². The molecular weight excluding hydrogens is 216 g/mol. The van der Waals surface area contributed by atoms with Crippen molar-refractivity contribution >= 4 is 17.3 Å². The molecule has 5 nitrogen and oxygen atoms in total. The fraction of sp³-hybridized carbons (Fsp3) is 0.333. The Balaban J connectivity index is 3.25. The van der Waals surface area contributed by atoms with E-state index in [4.69, 9.17) is 5.26 Å². The van der Waals surface area contributed by atoms with Crippen molar-refractivity contribution in [3.8, 4) is 6.07 Å². The Hall–Kier alpha value is -2.22. The summed E-state index contributed by atoms with van der Waals surface area (Å²) in [5.41, 5.74) is 1.60. The van der Waals surface area contributed by atoms with Crippen molar-refractivity contribution in [3.05, 3.63) is 23.4 Å². The number of hydrogen-bond acceptors (Lipinski definition) is 5. The first-order chi connectivity index (χ1) is 7.95. The molecule has 0 aromatic carbocycles. The molecule has 0 aliphatic carbocycles. The third kappa shape index (κ3) is 3.11. The molecule has 0 N–H and O–H groups in total. The Bertz CT molecular complexity index is 514. The lowest BCUT2D eigenvalue weighted by molar-refractivity contribution is 0.101. The van der Waals surface area contributed by atoms with Crippen molar-refractivity contribution in [2.45, 2.75) is 20.8 Å². The highest BCUT2D eigenvalue weighted by molar-refractivity contribution is 6.00. The van der Waals surface area contributed by atoms with Crippen LogP contribution < -0.4 is 5.01 Å². The van der Waals surface area contributed by atoms with Crippen molar-refractivity contribution in [3.63, 3.8) is 0 Å². The summed E-state index contributed by atoms with van der Waals surface area (Å²) in [7, 11) is 1.66. The van der Waals surface area contributed by atoms with Gasteiger partial charge in [0.1, 0.15) is 11.8 Å². The lowest BCUT2D eigenvalue weighted by atomic mass is 10.1. The van der Waals surface area contributed by atoms with E-state index in [2.05, 4.69) is 10.1 Å². The number of hydrogen-bond donors (Lipinski definition) is 0. The van der Waals surface area contributed by atoms with Gasteiger partial charge in [0.15, 0.2) is 11.6 Å². The normalized spacial score (nSPS) is 10.9. The van der Waals surface area contributed by atoms with Crippen LogP contribution in [0.1, 0.15) is 29.9 Å². The Morgan fingerprint density at radius 2 is 2.12 bits per heavy atom. The molecule has 17 heavy (non-hydrogen) atoms. The molecule has 0 spiro atoms. The number of anilines is 1. The Morgan fingerprint density at radius 3 is 2.65 bits per heavy atom. The molecule has 0 aliphatic rings. The molecule has 88 valence electrons. The molecular formula is C12H14N4O. The van der Waals surface area contributed by atoms with Gasteiger partial charge in [0, 0.05) is 12.7 Å². The molecule has 1 rings (SSSR count). The topological polar surface area (TPSA) is 69.3 Å². The highest BCUT2D eigenvalue weighted by atomic mass is 16.1. The zero-order valence-corrected chi connectivity index (χ0v) is 10.4. The second-order valence-corrected chi connectivity index (χ2v) is 3.70. The highest BCUT2D eigenvalue weighted by Crippen LogP contribution is 2.18. The minimum atomic E-state index is -0.0795. The SMILES string of the molecule is CC(=O)c1ccc(C)nc1N(C)/N=C(\C)C#N. The van der Waals surface area contributed by atoms with Crippen LogP contribution in [-0.4, -0.2) is 23.5 Å². The maximum atomic E-state index is 11.5. The summed E-state index contributed by atoms with van der Waals surface area (Å²) < 4.78 is 0. The molecule has 1 aromatic heterocycles. The van der Waals surface area contributed by atoms with Crippen LogP contribution in [0.15, 0.2) is 17.2 Å². The van der Waals surface area contributed by atoms with Crippen LogP contribution in [0.4, 0.5) is 5.82 Å². The van der Waals surface area contributed by atoms with Crippen molar-refractivity contribution in [1.29, 1.82) is 5.26 Å². The van der Waals surface area contributed by atoms with Gasteiger partial charge in [-0.2, -0.15) is 10.4 Å². The minimum absolute atomic E-state index is 0.0795. The molecule has 1 heterocycles. The zero-order valence-electron chi connectivity index (χ0n) is 10.4. The first-order valence-electron chi connectivity index (χ1n) is 5.13. The number of nitrogens with zero attached hydrogens (tertiary/aromatic N) is 4. The third-order valence-corrected chi connectivity index (χ3v) is 2.16. The average Bonchev–Trinajstić information content (AvgIpc) is 2.28. The first kappa shape index (κ1) is 12.8. The van der Waals surface area contributed by atoms with Gasteiger partial charge in [0.2, 0.25) is 0 Å². The van der Waals surface area contributed by atoms with Gasteiger partial charge in [-0.05, 0) is 32.9 Å². The number of Topliss-reactive ketones (excluding diaryl/α,β-unsaturated/α-hetero) is 1. The third-order valence-electron chi connectivity index (χ3n) is 2.16. The molecule has 0 unspecified atom stereocenters. The van der Waals surface area contributed by atoms with Crippen LogP contribution in [-0.2, 0) is 0 Å². The second-order valence-electron chi connectivity index (χ2n) is 3.70. The number of carbonyl (C=O) groups is 1. The highest BCUT2D eigenvalue weighted by Gasteiger charge is 2.12. The smallest absolute Gasteiger partial charge is 0.163 e. The number of aryl methyl sites for hydroxylation is 1. The number of aromatic nitrogens is 1. The molecule has 0 fully saturated rings. The van der Waals surface area contributed by atoms with Crippen LogP contribution in [0.2, 0.25) is 0 Å². The van der Waals surface area contributed by atoms with E-state index in [1.165, 1.54) is 11.9 Å². The van der Waals surface area contributed by atoms with Gasteiger partial charge in [-0.15, -0.1) is 0 Å². The van der Waals surface area contributed by atoms with Gasteiger partial charge in [-0.1, -0.05) is 0 Å². The van der Waals surface area contributed by atoms with E-state index in [0.717, 1.165) is 5.69 Å². The minimum Gasteiger partial charge on any atom is -0.294 e. The van der Waals surface area contributed by atoms with Gasteiger partial charge >= 0.3 is 0 Å². The monoisotopic (exact) mass is 230 g/mol. The van der Waals surface area contributed by atoms with Gasteiger partial charge in [0.05, 0.1) is 5.56 Å². The largest absolute Gasteiger partial charge is 0.294 e. The summed E-state index contributed by atoms with van der Waals surface area (Å²) in [6.45, 7) is 4.91. The van der Waals surface area contributed by atoms with Gasteiger partial charge in [-0.3, -0.25) is 4.79 Å². The molecule has 0 amide bonds. The molecule has 1 aromatic rings. The molecule has 0 bridgehead atoms. The summed E-state index contributed by atoms with van der Waals surface area (Å²) >= 11 is 0. The first-order valence-corrected chi connectivity index (χ1v) is 5.13. The predicted octanol–water partition coefficient (Wildman–Crippen LogP) is 1.93. The fourth-order valence-corrected chi connectivity index (χ4v) is 1.36. The molecule has 0 saturated carbocycles. The van der Waals surface area contributed by atoms with Crippen molar-refractivity contribution in [1.82, 2.24) is 4.98 Å². The molecule has 0 atom stereocenters. The van der Waals surface area contributed by atoms with Crippen molar-refractivity contribution < 1.29 is 4.79 Å². The van der Waals surface area contributed by atoms with Gasteiger partial charge in [-0.25, -0.2) is 9.99 Å². The lowest BCUT2D eigenvalue weighted by Gasteiger charge is -2.15. The number of nitriles is 1. The summed E-state index contributed by atoms with van der Waals surface area (Å²) in [6, 6.07) is 5.41. The Labute approximate surface area is 100 Å². The number of rotatable bonds is 3. The van der Waals surface area contributed by atoms with Crippen LogP contribution in [0.3, 0.4) is 0 Å². The van der Waals surface area contributed by atoms with Crippen LogP contribution in [0.25, 0.3) is 0 Å². The van der Waals surface area contributed by atoms with Crippen LogP contribution in [0, 0.1) is 18.3 Å². The van der Waals surface area contributed by atoms with E-state index >= 15 is 0 Å². The summed E-state index contributed by atoms with van der Waals surface area (Å²) in [5, 5.41) is 14.1. The standard InChI is InChI=1S/C12H14N4O/c1-8-5-6-11(10(3)17)12(14-8)16(4)15-9(2)7-13/h5-6H,1-4H3/b15-9+. The lowest BCUT2D eigenvalue weighted by Crippen LogP contribution is -2.16. The maximum absolute atomic E-state index is 11.5. The van der Waals surface area contributed by atoms with Crippen LogP contribution in [0.5, 0.6) is 0 Å². The van der Waals surface area contributed by atoms with Crippen molar-refractivity contribution in [2.24, 2.45) is 5.10 Å². The molecule has 5 heteroatoms. The van der Waals surface area contributed by atoms with Gasteiger partial charge in [0.25, 0.3) is 0 Å². The quantitative estimate of drug-likeness (QED) is 0.452. The summed E-state index contributed by atoms with van der Waals surface area (Å²) in [5.74, 6) is 0.385. The number of carbonyl (C=O) groups excluding carboxylic acids is 1. The number of hydrazone groups is 1. The fourth-order valence-electron chi connectivity index (χ4n) is 1.36. The average molecular weight is 230 g/mol. The summed E-state index contributed by atoms with van der Waals surface area (Å²) in [6.07, 6.45) is 0. The van der Waals surface area contributed by atoms with E-state index in [1.807, 2.05) is 13.0 Å². The van der Waals surface area contributed by atoms with Gasteiger partial charge < -0.3 is 0 Å². The van der Waals surface area contributed by atoms with E-state index in [1.54, 1.807) is 26.1 Å². The summed E-state index contributed by atoms with van der Waals surface area (Å²) in [4.78, 5) is 15.7. The zero-order chi connectivity index (χ0) is 13.0. The molecule has 0 radical (unpaired) electrons. The molecule has 0 saturated heterocycles. The predicted molar refractivity (Wildman–Crippen MR) is 66.1 cm³/mol. The van der Waals surface area contributed by atoms with E-state index in [9.17, 15) is 4.79 Å². The Morgan fingerprint density at radius 1 is 1.47 bits per heavy atom. The second kappa shape index (κ2) is 5.21.